The molecule has 0 atom stereocenters. The topological polar surface area (TPSA) is 95.9 Å². The average Bonchev–Trinajstić information content (AvgIpc) is 2.44. The van der Waals surface area contributed by atoms with Crippen LogP contribution in [0.5, 0.6) is 17.2 Å². The Morgan fingerprint density at radius 1 is 1.13 bits per heavy atom. The van der Waals surface area contributed by atoms with Crippen LogP contribution in [0.1, 0.15) is 11.1 Å². The van der Waals surface area contributed by atoms with E-state index in [1.54, 1.807) is 38.1 Å². The lowest BCUT2D eigenvalue weighted by atomic mass is 10.1. The highest BCUT2D eigenvalue weighted by atomic mass is 79.9. The molecule has 0 radical (unpaired) electrons. The first kappa shape index (κ1) is 16.8. The quantitative estimate of drug-likeness (QED) is 0.708. The first-order chi connectivity index (χ1) is 10.8. The van der Waals surface area contributed by atoms with Gasteiger partial charge in [-0.2, -0.15) is 0 Å². The van der Waals surface area contributed by atoms with Gasteiger partial charge in [-0.05, 0) is 55.3 Å². The van der Waals surface area contributed by atoms with Crippen LogP contribution < -0.4 is 10.1 Å². The summed E-state index contributed by atoms with van der Waals surface area (Å²) in [5.41, 5.74) is 1.74. The number of carbonyl (C=O) groups excluding carboxylic acids is 1. The van der Waals surface area contributed by atoms with Crippen molar-refractivity contribution in [1.29, 1.82) is 0 Å². The number of benzene rings is 2. The summed E-state index contributed by atoms with van der Waals surface area (Å²) in [6.45, 7) is 3.52. The number of phenols is 1. The number of aryl methyl sites for hydroxylation is 2. The highest BCUT2D eigenvalue weighted by molar-refractivity contribution is 9.10. The number of aliphatic carboxylic acids is 1. The van der Waals surface area contributed by atoms with E-state index >= 15 is 0 Å². The molecule has 23 heavy (non-hydrogen) atoms. The molecule has 0 aromatic heterocycles. The lowest BCUT2D eigenvalue weighted by molar-refractivity contribution is -0.147. The summed E-state index contributed by atoms with van der Waals surface area (Å²) in [6.07, 6.45) is 0. The summed E-state index contributed by atoms with van der Waals surface area (Å²) >= 11 is 3.25. The van der Waals surface area contributed by atoms with Crippen molar-refractivity contribution in [2.75, 3.05) is 5.32 Å². The SMILES string of the molecule is Cc1cc(NC(=O)C(=O)O)cc(C)c1Oc1ccc(Br)cc1O. The molecule has 0 fully saturated rings. The van der Waals surface area contributed by atoms with E-state index in [1.165, 1.54) is 6.07 Å². The number of carboxylic acid groups (broad SMARTS) is 1. The van der Waals surface area contributed by atoms with Crippen molar-refractivity contribution in [2.24, 2.45) is 0 Å². The number of nitrogens with one attached hydrogen (secondary N) is 1. The van der Waals surface area contributed by atoms with Gasteiger partial charge in [0.1, 0.15) is 5.75 Å². The van der Waals surface area contributed by atoms with E-state index < -0.39 is 11.9 Å². The number of hydrogen-bond acceptors (Lipinski definition) is 4. The first-order valence-electron chi connectivity index (χ1n) is 6.60. The van der Waals surface area contributed by atoms with Crippen molar-refractivity contribution in [3.63, 3.8) is 0 Å². The molecule has 0 aliphatic heterocycles. The van der Waals surface area contributed by atoms with Crippen LogP contribution in [0.3, 0.4) is 0 Å². The Labute approximate surface area is 140 Å². The van der Waals surface area contributed by atoms with Gasteiger partial charge in [0.05, 0.1) is 0 Å². The number of carboxylic acids is 1. The van der Waals surface area contributed by atoms with Crippen LogP contribution in [-0.4, -0.2) is 22.1 Å². The Morgan fingerprint density at radius 3 is 2.26 bits per heavy atom. The van der Waals surface area contributed by atoms with Crippen molar-refractivity contribution in [3.8, 4) is 17.2 Å². The monoisotopic (exact) mass is 379 g/mol. The highest BCUT2D eigenvalue weighted by Gasteiger charge is 2.14. The lowest BCUT2D eigenvalue weighted by Gasteiger charge is -2.15. The molecule has 0 bridgehead atoms. The Bertz CT molecular complexity index is 765. The summed E-state index contributed by atoms with van der Waals surface area (Å²) in [7, 11) is 0. The molecule has 0 heterocycles. The van der Waals surface area contributed by atoms with Crippen molar-refractivity contribution >= 4 is 33.5 Å². The summed E-state index contributed by atoms with van der Waals surface area (Å²) < 4.78 is 6.46. The van der Waals surface area contributed by atoms with Crippen LogP contribution in [-0.2, 0) is 9.59 Å². The number of carbonyl (C=O) groups is 2. The number of phenolic OH excluding ortho intramolecular Hbond substituents is 1. The van der Waals surface area contributed by atoms with Gasteiger partial charge >= 0.3 is 11.9 Å². The van der Waals surface area contributed by atoms with E-state index in [1.807, 2.05) is 0 Å². The van der Waals surface area contributed by atoms with E-state index in [0.29, 0.717) is 28.3 Å². The van der Waals surface area contributed by atoms with Crippen molar-refractivity contribution in [2.45, 2.75) is 13.8 Å². The van der Waals surface area contributed by atoms with Gasteiger partial charge in [0.25, 0.3) is 0 Å². The fourth-order valence-corrected chi connectivity index (χ4v) is 2.40. The van der Waals surface area contributed by atoms with Crippen LogP contribution in [0.2, 0.25) is 0 Å². The number of ether oxygens (including phenoxy) is 1. The number of halogens is 1. The zero-order valence-electron chi connectivity index (χ0n) is 12.4. The predicted molar refractivity (Wildman–Crippen MR) is 88.1 cm³/mol. The summed E-state index contributed by atoms with van der Waals surface area (Å²) in [5.74, 6) is -1.86. The molecular formula is C16H14BrNO5. The maximum Gasteiger partial charge on any atom is 0.394 e. The van der Waals surface area contributed by atoms with Crippen LogP contribution >= 0.6 is 15.9 Å². The van der Waals surface area contributed by atoms with Crippen LogP contribution in [0.25, 0.3) is 0 Å². The third-order valence-corrected chi connectivity index (χ3v) is 3.54. The summed E-state index contributed by atoms with van der Waals surface area (Å²) in [6, 6.07) is 8.07. The van der Waals surface area contributed by atoms with Crippen LogP contribution in [0.15, 0.2) is 34.8 Å². The van der Waals surface area contributed by atoms with E-state index in [4.69, 9.17) is 9.84 Å². The van der Waals surface area contributed by atoms with Gasteiger partial charge in [-0.15, -0.1) is 0 Å². The van der Waals surface area contributed by atoms with Crippen LogP contribution in [0, 0.1) is 13.8 Å². The fourth-order valence-electron chi connectivity index (χ4n) is 2.05. The first-order valence-corrected chi connectivity index (χ1v) is 7.39. The normalized spacial score (nSPS) is 10.2. The van der Waals surface area contributed by atoms with Gasteiger partial charge in [0, 0.05) is 10.2 Å². The predicted octanol–water partition coefficient (Wildman–Crippen LogP) is 3.59. The molecule has 6 nitrogen and oxygen atoms in total. The van der Waals surface area contributed by atoms with Gasteiger partial charge in [-0.1, -0.05) is 15.9 Å². The minimum Gasteiger partial charge on any atom is -0.504 e. The number of anilines is 1. The smallest absolute Gasteiger partial charge is 0.394 e. The fraction of sp³-hybridized carbons (Fsp3) is 0.125. The average molecular weight is 380 g/mol. The zero-order chi connectivity index (χ0) is 17.1. The molecule has 0 aliphatic carbocycles. The molecule has 0 aliphatic rings. The molecule has 0 saturated carbocycles. The van der Waals surface area contributed by atoms with Crippen LogP contribution in [0.4, 0.5) is 5.69 Å². The standard InChI is InChI=1S/C16H14BrNO5/c1-8-5-11(18-15(20)16(21)22)6-9(2)14(8)23-13-4-3-10(17)7-12(13)19/h3-7,19H,1-2H3,(H,18,20)(H,21,22). The van der Waals surface area contributed by atoms with Crippen molar-refractivity contribution < 1.29 is 24.5 Å². The second kappa shape index (κ2) is 6.70. The van der Waals surface area contributed by atoms with Gasteiger partial charge in [-0.3, -0.25) is 4.79 Å². The highest BCUT2D eigenvalue weighted by Crippen LogP contribution is 2.36. The Kier molecular flexibility index (Phi) is 4.90. The van der Waals surface area contributed by atoms with Crippen molar-refractivity contribution in [1.82, 2.24) is 0 Å². The maximum absolute atomic E-state index is 11.2. The molecule has 1 amide bonds. The Hall–Kier alpha value is -2.54. The van der Waals surface area contributed by atoms with Gasteiger partial charge in [0.2, 0.25) is 0 Å². The third-order valence-electron chi connectivity index (χ3n) is 3.05. The maximum atomic E-state index is 11.2. The van der Waals surface area contributed by atoms with Gasteiger partial charge in [-0.25, -0.2) is 4.79 Å². The van der Waals surface area contributed by atoms with Gasteiger partial charge in [0.15, 0.2) is 11.5 Å². The molecule has 0 saturated heterocycles. The second-order valence-corrected chi connectivity index (χ2v) is 5.83. The number of amides is 1. The minimum atomic E-state index is -1.56. The molecule has 2 rings (SSSR count). The third kappa shape index (κ3) is 4.01. The molecule has 7 heteroatoms. The molecule has 3 N–H and O–H groups in total. The number of hydrogen-bond donors (Lipinski definition) is 3. The Morgan fingerprint density at radius 2 is 1.74 bits per heavy atom. The molecule has 2 aromatic rings. The second-order valence-electron chi connectivity index (χ2n) is 4.91. The lowest BCUT2D eigenvalue weighted by Crippen LogP contribution is -2.21. The largest absolute Gasteiger partial charge is 0.504 e. The zero-order valence-corrected chi connectivity index (χ0v) is 14.0. The van der Waals surface area contributed by atoms with E-state index in [-0.39, 0.29) is 5.75 Å². The van der Waals surface area contributed by atoms with E-state index in [0.717, 1.165) is 4.47 Å². The molecule has 0 spiro atoms. The minimum absolute atomic E-state index is 0.0126. The van der Waals surface area contributed by atoms with E-state index in [9.17, 15) is 14.7 Å². The summed E-state index contributed by atoms with van der Waals surface area (Å²) in [4.78, 5) is 21.8. The Balaban J connectivity index is 2.30. The number of aromatic hydroxyl groups is 1. The van der Waals surface area contributed by atoms with Gasteiger partial charge < -0.3 is 20.3 Å². The van der Waals surface area contributed by atoms with E-state index in [2.05, 4.69) is 21.2 Å². The molecule has 2 aromatic carbocycles. The molecule has 0 unspecified atom stereocenters. The molecular weight excluding hydrogens is 366 g/mol. The molecule has 120 valence electrons. The summed E-state index contributed by atoms with van der Waals surface area (Å²) in [5, 5.41) is 20.8. The van der Waals surface area contributed by atoms with Crippen molar-refractivity contribution in [3.05, 3.63) is 45.9 Å². The number of rotatable bonds is 3.